The molecule has 1 N–H and O–H groups in total. The molecular formula is C25H27ClN2O3S. The Hall–Kier alpha value is -2.83. The molecule has 3 rings (SSSR count). The van der Waals surface area contributed by atoms with Gasteiger partial charge in [0.05, 0.1) is 10.6 Å². The number of hydrogen-bond donors (Lipinski definition) is 1. The normalized spacial score (nSPS) is 11.8. The third-order valence-electron chi connectivity index (χ3n) is 5.02. The number of carbonyl (C=O) groups is 1. The highest BCUT2D eigenvalue weighted by Crippen LogP contribution is 2.29. The number of rotatable bonds is 8. The van der Waals surface area contributed by atoms with Crippen LogP contribution in [0.2, 0.25) is 5.02 Å². The van der Waals surface area contributed by atoms with Gasteiger partial charge in [0.1, 0.15) is 6.54 Å². The Morgan fingerprint density at radius 1 is 0.969 bits per heavy atom. The van der Waals surface area contributed by atoms with E-state index in [9.17, 15) is 13.2 Å². The molecule has 7 heteroatoms. The van der Waals surface area contributed by atoms with Crippen molar-refractivity contribution < 1.29 is 13.2 Å². The zero-order valence-corrected chi connectivity index (χ0v) is 20.0. The summed E-state index contributed by atoms with van der Waals surface area (Å²) in [6.07, 6.45) is 0.612. The Labute approximate surface area is 195 Å². The van der Waals surface area contributed by atoms with Crippen molar-refractivity contribution >= 4 is 33.2 Å². The van der Waals surface area contributed by atoms with E-state index in [1.54, 1.807) is 43.3 Å². The van der Waals surface area contributed by atoms with E-state index in [2.05, 4.69) is 5.32 Å². The predicted molar refractivity (Wildman–Crippen MR) is 130 cm³/mol. The monoisotopic (exact) mass is 470 g/mol. The van der Waals surface area contributed by atoms with Crippen LogP contribution in [0.15, 0.2) is 83.8 Å². The Morgan fingerprint density at radius 3 is 2.19 bits per heavy atom. The van der Waals surface area contributed by atoms with Gasteiger partial charge in [-0.25, -0.2) is 8.42 Å². The van der Waals surface area contributed by atoms with Gasteiger partial charge in [-0.3, -0.25) is 9.10 Å². The van der Waals surface area contributed by atoms with Gasteiger partial charge in [-0.1, -0.05) is 66.2 Å². The van der Waals surface area contributed by atoms with E-state index in [0.717, 1.165) is 9.87 Å². The molecule has 0 aromatic heterocycles. The zero-order chi connectivity index (χ0) is 23.4. The second-order valence-electron chi connectivity index (χ2n) is 8.35. The average Bonchev–Trinajstić information content (AvgIpc) is 2.74. The molecule has 0 heterocycles. The fourth-order valence-corrected chi connectivity index (χ4v) is 5.23. The molecule has 0 aliphatic heterocycles. The molecular weight excluding hydrogens is 444 g/mol. The fourth-order valence-electron chi connectivity index (χ4n) is 3.57. The van der Waals surface area contributed by atoms with Gasteiger partial charge in [-0.2, -0.15) is 0 Å². The van der Waals surface area contributed by atoms with Gasteiger partial charge in [-0.15, -0.1) is 0 Å². The first-order chi connectivity index (χ1) is 15.1. The van der Waals surface area contributed by atoms with Crippen LogP contribution in [0.25, 0.3) is 0 Å². The van der Waals surface area contributed by atoms with E-state index < -0.39 is 21.5 Å². The number of benzene rings is 3. The topological polar surface area (TPSA) is 66.5 Å². The molecule has 168 valence electrons. The number of anilines is 1. The van der Waals surface area contributed by atoms with Crippen LogP contribution in [-0.4, -0.2) is 26.4 Å². The molecule has 0 aliphatic rings. The average molecular weight is 471 g/mol. The van der Waals surface area contributed by atoms with Gasteiger partial charge in [0.15, 0.2) is 0 Å². The van der Waals surface area contributed by atoms with E-state index in [4.69, 9.17) is 11.6 Å². The van der Waals surface area contributed by atoms with Crippen LogP contribution in [0, 0.1) is 6.92 Å². The molecule has 1 amide bonds. The molecule has 5 nitrogen and oxygen atoms in total. The maximum Gasteiger partial charge on any atom is 0.264 e. The molecule has 32 heavy (non-hydrogen) atoms. The summed E-state index contributed by atoms with van der Waals surface area (Å²) in [5.41, 5.74) is 1.59. The summed E-state index contributed by atoms with van der Waals surface area (Å²) in [6.45, 7) is 5.25. The van der Waals surface area contributed by atoms with Gasteiger partial charge in [0.25, 0.3) is 10.0 Å². The first-order valence-corrected chi connectivity index (χ1v) is 12.1. The highest BCUT2D eigenvalue weighted by molar-refractivity contribution is 7.92. The lowest BCUT2D eigenvalue weighted by Crippen LogP contribution is -2.50. The van der Waals surface area contributed by atoms with E-state index in [0.29, 0.717) is 22.7 Å². The lowest BCUT2D eigenvalue weighted by molar-refractivity contribution is -0.121. The molecule has 0 bridgehead atoms. The van der Waals surface area contributed by atoms with Crippen molar-refractivity contribution in [2.24, 2.45) is 0 Å². The maximum atomic E-state index is 13.5. The largest absolute Gasteiger partial charge is 0.349 e. The van der Waals surface area contributed by atoms with Crippen molar-refractivity contribution in [3.63, 3.8) is 0 Å². The number of nitrogens with zero attached hydrogens (tertiary/aromatic N) is 1. The predicted octanol–water partition coefficient (Wildman–Crippen LogP) is 4.98. The summed E-state index contributed by atoms with van der Waals surface area (Å²) in [4.78, 5) is 13.2. The lowest BCUT2D eigenvalue weighted by atomic mass is 9.95. The van der Waals surface area contributed by atoms with Crippen LogP contribution in [0.1, 0.15) is 25.0 Å². The van der Waals surface area contributed by atoms with Crippen molar-refractivity contribution in [1.29, 1.82) is 0 Å². The van der Waals surface area contributed by atoms with E-state index in [1.165, 1.54) is 12.1 Å². The standard InChI is InChI=1S/C25H27ClN2O3S/c1-19-14-15-21(26)16-23(19)28(32(30,31)22-12-8-5-9-13-22)18-24(29)27-25(2,3)17-20-10-6-4-7-11-20/h4-16H,17-18H2,1-3H3,(H,27,29). The molecule has 0 saturated heterocycles. The van der Waals surface area contributed by atoms with Crippen molar-refractivity contribution in [3.05, 3.63) is 95.0 Å². The molecule has 3 aromatic rings. The number of carbonyl (C=O) groups excluding carboxylic acids is 1. The van der Waals surface area contributed by atoms with Crippen LogP contribution in [0.4, 0.5) is 5.69 Å². The van der Waals surface area contributed by atoms with Crippen molar-refractivity contribution in [2.75, 3.05) is 10.8 Å². The third-order valence-corrected chi connectivity index (χ3v) is 7.03. The summed E-state index contributed by atoms with van der Waals surface area (Å²) in [7, 11) is -3.99. The summed E-state index contributed by atoms with van der Waals surface area (Å²) in [5, 5.41) is 3.38. The molecule has 0 fully saturated rings. The second kappa shape index (κ2) is 9.76. The Bertz CT molecular complexity index is 1180. The van der Waals surface area contributed by atoms with Gasteiger partial charge in [-0.05, 0) is 62.6 Å². The van der Waals surface area contributed by atoms with Gasteiger partial charge in [0, 0.05) is 10.6 Å². The smallest absolute Gasteiger partial charge is 0.264 e. The molecule has 0 aliphatic carbocycles. The Balaban J connectivity index is 1.90. The molecule has 0 saturated carbocycles. The van der Waals surface area contributed by atoms with Crippen LogP contribution in [0.3, 0.4) is 0 Å². The summed E-state index contributed by atoms with van der Waals surface area (Å²) in [6, 6.07) is 22.9. The Kier molecular flexibility index (Phi) is 7.26. The summed E-state index contributed by atoms with van der Waals surface area (Å²) >= 11 is 6.17. The molecule has 3 aromatic carbocycles. The number of sulfonamides is 1. The SMILES string of the molecule is Cc1ccc(Cl)cc1N(CC(=O)NC(C)(C)Cc1ccccc1)S(=O)(=O)c1ccccc1. The quantitative estimate of drug-likeness (QED) is 0.504. The van der Waals surface area contributed by atoms with Crippen molar-refractivity contribution in [3.8, 4) is 0 Å². The van der Waals surface area contributed by atoms with Crippen LogP contribution >= 0.6 is 11.6 Å². The van der Waals surface area contributed by atoms with E-state index in [-0.39, 0.29) is 11.4 Å². The maximum absolute atomic E-state index is 13.5. The first-order valence-electron chi connectivity index (χ1n) is 10.3. The number of nitrogens with one attached hydrogen (secondary N) is 1. The van der Waals surface area contributed by atoms with Crippen LogP contribution in [-0.2, 0) is 21.2 Å². The molecule has 0 atom stereocenters. The molecule has 0 unspecified atom stereocenters. The minimum atomic E-state index is -3.99. The summed E-state index contributed by atoms with van der Waals surface area (Å²) < 4.78 is 28.1. The number of amides is 1. The van der Waals surface area contributed by atoms with Gasteiger partial charge < -0.3 is 5.32 Å². The second-order valence-corrected chi connectivity index (χ2v) is 10.6. The summed E-state index contributed by atoms with van der Waals surface area (Å²) in [5.74, 6) is -0.398. The highest BCUT2D eigenvalue weighted by Gasteiger charge is 2.30. The Morgan fingerprint density at radius 2 is 1.56 bits per heavy atom. The minimum Gasteiger partial charge on any atom is -0.349 e. The number of aryl methyl sites for hydroxylation is 1. The number of halogens is 1. The number of hydrogen-bond acceptors (Lipinski definition) is 3. The van der Waals surface area contributed by atoms with Gasteiger partial charge >= 0.3 is 0 Å². The van der Waals surface area contributed by atoms with Crippen LogP contribution in [0.5, 0.6) is 0 Å². The minimum absolute atomic E-state index is 0.107. The zero-order valence-electron chi connectivity index (χ0n) is 18.4. The fraction of sp³-hybridized carbons (Fsp3) is 0.240. The lowest BCUT2D eigenvalue weighted by Gasteiger charge is -2.30. The molecule has 0 spiro atoms. The third kappa shape index (κ3) is 5.90. The van der Waals surface area contributed by atoms with Crippen molar-refractivity contribution in [1.82, 2.24) is 5.32 Å². The first kappa shape index (κ1) is 23.8. The van der Waals surface area contributed by atoms with Crippen molar-refractivity contribution in [2.45, 2.75) is 37.6 Å². The molecule has 0 radical (unpaired) electrons. The van der Waals surface area contributed by atoms with Gasteiger partial charge in [0.2, 0.25) is 5.91 Å². The highest BCUT2D eigenvalue weighted by atomic mass is 35.5. The van der Waals surface area contributed by atoms with Crippen LogP contribution < -0.4 is 9.62 Å². The van der Waals surface area contributed by atoms with E-state index >= 15 is 0 Å². The van der Waals surface area contributed by atoms with E-state index in [1.807, 2.05) is 44.2 Å².